The van der Waals surface area contributed by atoms with E-state index in [0.717, 1.165) is 49.0 Å². The van der Waals surface area contributed by atoms with Crippen LogP contribution in [-0.4, -0.2) is 95.4 Å². The van der Waals surface area contributed by atoms with E-state index in [-0.39, 0.29) is 49.6 Å². The first-order chi connectivity index (χ1) is 18.8. The van der Waals surface area contributed by atoms with Crippen LogP contribution in [0.25, 0.3) is 0 Å². The number of carbonyl (C=O) groups is 4. The summed E-state index contributed by atoms with van der Waals surface area (Å²) in [6, 6.07) is 5.39. The highest BCUT2D eigenvalue weighted by Gasteiger charge is 2.47. The number of amides is 3. The van der Waals surface area contributed by atoms with Crippen molar-refractivity contribution in [2.45, 2.75) is 70.3 Å². The van der Waals surface area contributed by atoms with Gasteiger partial charge in [0, 0.05) is 57.4 Å². The molecule has 4 rings (SSSR count). The third-order valence-electron chi connectivity index (χ3n) is 8.33. The highest BCUT2D eigenvalue weighted by atomic mass is 16.5. The van der Waals surface area contributed by atoms with Gasteiger partial charge in [0.15, 0.2) is 0 Å². The Hall–Kier alpha value is -2.98. The number of likely N-dealkylation sites (tertiary alicyclic amines) is 2. The first-order valence-electron chi connectivity index (χ1n) is 14.4. The number of rotatable bonds is 14. The molecule has 3 heterocycles. The number of ether oxygens (including phenoxy) is 1. The summed E-state index contributed by atoms with van der Waals surface area (Å²) in [5.74, 6) is -1.64. The second-order valence-electron chi connectivity index (χ2n) is 10.9. The van der Waals surface area contributed by atoms with E-state index in [9.17, 15) is 24.3 Å². The van der Waals surface area contributed by atoms with Gasteiger partial charge in [-0.1, -0.05) is 25.5 Å². The van der Waals surface area contributed by atoms with E-state index in [1.807, 2.05) is 28.0 Å². The summed E-state index contributed by atoms with van der Waals surface area (Å²) in [4.78, 5) is 55.9. The number of hydrogen-bond donors (Lipinski definition) is 2. The summed E-state index contributed by atoms with van der Waals surface area (Å²) in [6.45, 7) is 5.25. The van der Waals surface area contributed by atoms with Crippen LogP contribution < -0.4 is 10.5 Å². The Bertz CT molecular complexity index is 1050. The average Bonchev–Trinajstić information content (AvgIpc) is 3.61. The molecule has 214 valence electrons. The number of carboxylic acids is 1. The van der Waals surface area contributed by atoms with Crippen molar-refractivity contribution in [1.29, 1.82) is 0 Å². The summed E-state index contributed by atoms with van der Waals surface area (Å²) in [5, 5.41) is 10.4. The fraction of sp³-hybridized carbons (Fsp3) is 0.655. The highest BCUT2D eigenvalue weighted by molar-refractivity contribution is 6.01. The quantitative estimate of drug-likeness (QED) is 0.269. The van der Waals surface area contributed by atoms with Gasteiger partial charge in [0.1, 0.15) is 5.75 Å². The minimum absolute atomic E-state index is 0.0223. The fourth-order valence-corrected chi connectivity index (χ4v) is 6.19. The lowest BCUT2D eigenvalue weighted by atomic mass is 9.83. The van der Waals surface area contributed by atoms with Gasteiger partial charge in [-0.3, -0.25) is 29.0 Å². The monoisotopic (exact) mass is 542 g/mol. The molecule has 0 saturated carbocycles. The molecule has 10 heteroatoms. The van der Waals surface area contributed by atoms with Crippen LogP contribution in [0.5, 0.6) is 5.75 Å². The number of unbranched alkanes of at least 4 members (excludes halogenated alkanes) is 2. The summed E-state index contributed by atoms with van der Waals surface area (Å²) in [6.07, 6.45) is 5.02. The predicted octanol–water partition coefficient (Wildman–Crippen LogP) is 2.00. The van der Waals surface area contributed by atoms with Crippen molar-refractivity contribution in [2.75, 3.05) is 45.9 Å². The van der Waals surface area contributed by atoms with Crippen molar-refractivity contribution in [3.05, 3.63) is 29.3 Å². The van der Waals surface area contributed by atoms with Gasteiger partial charge < -0.3 is 20.5 Å². The van der Waals surface area contributed by atoms with Gasteiger partial charge in [0.2, 0.25) is 17.7 Å². The standard InChI is InChI=1S/C29H42N4O6/c1-2-3-13-31(14-5-4-12-30)27(36)19-32-18-22(20-6-7-24-21(17-20)11-16-39-24)28(29(37)38)23(32)10-15-33-25(34)8-9-26(33)35/h6-7,17,22-23,28H,2-5,8-16,18-19,30H2,1H3,(H,37,38)/t22-,23+,28-/m1/s1. The van der Waals surface area contributed by atoms with E-state index in [1.165, 1.54) is 4.90 Å². The Labute approximate surface area is 230 Å². The molecule has 10 nitrogen and oxygen atoms in total. The molecule has 2 fully saturated rings. The normalized spacial score (nSPS) is 22.8. The number of benzene rings is 1. The summed E-state index contributed by atoms with van der Waals surface area (Å²) in [7, 11) is 0. The van der Waals surface area contributed by atoms with Crippen molar-refractivity contribution in [3.63, 3.8) is 0 Å². The summed E-state index contributed by atoms with van der Waals surface area (Å²) < 4.78 is 5.65. The first-order valence-corrected chi connectivity index (χ1v) is 14.4. The molecule has 3 aliphatic rings. The van der Waals surface area contributed by atoms with Crippen molar-refractivity contribution < 1.29 is 29.0 Å². The van der Waals surface area contributed by atoms with Crippen LogP contribution >= 0.6 is 0 Å². The van der Waals surface area contributed by atoms with E-state index in [2.05, 4.69) is 6.92 Å². The maximum absolute atomic E-state index is 13.6. The molecule has 1 aromatic carbocycles. The molecular formula is C29H42N4O6. The number of imide groups is 1. The van der Waals surface area contributed by atoms with Crippen molar-refractivity contribution in [1.82, 2.24) is 14.7 Å². The molecule has 3 N–H and O–H groups in total. The van der Waals surface area contributed by atoms with E-state index in [0.29, 0.717) is 39.2 Å². The smallest absolute Gasteiger partial charge is 0.308 e. The highest BCUT2D eigenvalue weighted by Crippen LogP contribution is 2.41. The Balaban J connectivity index is 1.58. The van der Waals surface area contributed by atoms with E-state index >= 15 is 0 Å². The van der Waals surface area contributed by atoms with Crippen molar-refractivity contribution >= 4 is 23.7 Å². The molecule has 0 radical (unpaired) electrons. The maximum atomic E-state index is 13.6. The molecule has 3 aliphatic heterocycles. The minimum atomic E-state index is -0.929. The van der Waals surface area contributed by atoms with Gasteiger partial charge in [-0.25, -0.2) is 0 Å². The number of carbonyl (C=O) groups excluding carboxylic acids is 3. The second kappa shape index (κ2) is 13.4. The van der Waals surface area contributed by atoms with Crippen molar-refractivity contribution in [3.8, 4) is 5.75 Å². The van der Waals surface area contributed by atoms with Crippen LogP contribution in [0.4, 0.5) is 0 Å². The minimum Gasteiger partial charge on any atom is -0.493 e. The molecule has 39 heavy (non-hydrogen) atoms. The molecule has 0 unspecified atom stereocenters. The van der Waals surface area contributed by atoms with Crippen LogP contribution in [0.2, 0.25) is 0 Å². The van der Waals surface area contributed by atoms with Gasteiger partial charge in [-0.2, -0.15) is 0 Å². The maximum Gasteiger partial charge on any atom is 0.308 e. The van der Waals surface area contributed by atoms with E-state index < -0.39 is 17.9 Å². The number of nitrogens with two attached hydrogens (primary N) is 1. The van der Waals surface area contributed by atoms with Crippen molar-refractivity contribution in [2.24, 2.45) is 11.7 Å². The molecule has 1 aromatic rings. The number of nitrogens with zero attached hydrogens (tertiary/aromatic N) is 3. The fourth-order valence-electron chi connectivity index (χ4n) is 6.19. The largest absolute Gasteiger partial charge is 0.493 e. The van der Waals surface area contributed by atoms with Crippen LogP contribution in [0.1, 0.15) is 68.9 Å². The molecule has 0 aromatic heterocycles. The van der Waals surface area contributed by atoms with E-state index in [4.69, 9.17) is 10.5 Å². The number of carboxylic acid groups (broad SMARTS) is 1. The van der Waals surface area contributed by atoms with Crippen LogP contribution in [-0.2, 0) is 25.6 Å². The Kier molecular flexibility index (Phi) is 9.96. The zero-order valence-corrected chi connectivity index (χ0v) is 23.0. The topological polar surface area (TPSA) is 133 Å². The van der Waals surface area contributed by atoms with Crippen LogP contribution in [0, 0.1) is 5.92 Å². The molecule has 0 spiro atoms. The lowest BCUT2D eigenvalue weighted by molar-refractivity contribution is -0.144. The Morgan fingerprint density at radius 2 is 1.85 bits per heavy atom. The lowest BCUT2D eigenvalue weighted by Crippen LogP contribution is -2.46. The van der Waals surface area contributed by atoms with Gasteiger partial charge in [0.05, 0.1) is 19.1 Å². The number of aliphatic carboxylic acids is 1. The molecule has 3 atom stereocenters. The average molecular weight is 543 g/mol. The van der Waals surface area contributed by atoms with Gasteiger partial charge in [-0.15, -0.1) is 0 Å². The van der Waals surface area contributed by atoms with Gasteiger partial charge in [0.25, 0.3) is 0 Å². The van der Waals surface area contributed by atoms with E-state index in [1.54, 1.807) is 0 Å². The summed E-state index contributed by atoms with van der Waals surface area (Å²) >= 11 is 0. The van der Waals surface area contributed by atoms with Gasteiger partial charge >= 0.3 is 5.97 Å². The third-order valence-corrected chi connectivity index (χ3v) is 8.33. The van der Waals surface area contributed by atoms with Gasteiger partial charge in [-0.05, 0) is 49.4 Å². The SMILES string of the molecule is CCCCN(CCCCN)C(=O)CN1C[C@H](c2ccc3c(c2)CCO3)[C@@H](C(=O)O)[C@@H]1CCN1C(=O)CCC1=O. The lowest BCUT2D eigenvalue weighted by Gasteiger charge is -2.30. The third kappa shape index (κ3) is 6.78. The predicted molar refractivity (Wildman–Crippen MR) is 145 cm³/mol. The first kappa shape index (κ1) is 29.0. The Morgan fingerprint density at radius 3 is 2.54 bits per heavy atom. The molecule has 0 aliphatic carbocycles. The second-order valence-corrected chi connectivity index (χ2v) is 10.9. The molecule has 3 amide bonds. The van der Waals surface area contributed by atoms with Crippen LogP contribution in [0.15, 0.2) is 18.2 Å². The number of hydrogen-bond acceptors (Lipinski definition) is 7. The summed E-state index contributed by atoms with van der Waals surface area (Å²) in [5.41, 5.74) is 7.66. The number of fused-ring (bicyclic) bond motifs is 1. The Morgan fingerprint density at radius 1 is 1.10 bits per heavy atom. The zero-order valence-electron chi connectivity index (χ0n) is 23.0. The van der Waals surface area contributed by atoms with Crippen LogP contribution in [0.3, 0.4) is 0 Å². The molecule has 2 saturated heterocycles. The zero-order chi connectivity index (χ0) is 27.9. The molecule has 0 bridgehead atoms. The molecular weight excluding hydrogens is 500 g/mol.